The Morgan fingerprint density at radius 2 is 1.08 bits per heavy atom. The summed E-state index contributed by atoms with van der Waals surface area (Å²) in [5, 5.41) is 5.09. The maximum absolute atomic E-state index is 7.08. The highest BCUT2D eigenvalue weighted by atomic mass is 16.5. The van der Waals surface area contributed by atoms with Crippen LogP contribution >= 0.6 is 0 Å². The van der Waals surface area contributed by atoms with E-state index in [1.807, 2.05) is 0 Å². The molecule has 0 N–H and O–H groups in total. The van der Waals surface area contributed by atoms with E-state index in [9.17, 15) is 0 Å². The molecule has 1 aliphatic heterocycles. The Labute approximate surface area is 368 Å². The summed E-state index contributed by atoms with van der Waals surface area (Å²) in [7, 11) is 0. The summed E-state index contributed by atoms with van der Waals surface area (Å²) in [6.07, 6.45) is 2.17. The molecule has 3 aliphatic rings. The zero-order valence-corrected chi connectivity index (χ0v) is 34.8. The van der Waals surface area contributed by atoms with Crippen molar-refractivity contribution in [1.82, 2.24) is 0 Å². The average molecular weight is 806 g/mol. The molecule has 0 saturated heterocycles. The first-order chi connectivity index (χ1) is 31.2. The number of fused-ring (bicyclic) bond motifs is 9. The van der Waals surface area contributed by atoms with Gasteiger partial charge in [0.05, 0.1) is 0 Å². The highest BCUT2D eigenvalue weighted by Gasteiger charge is 2.52. The zero-order valence-electron chi connectivity index (χ0n) is 34.8. The van der Waals surface area contributed by atoms with Crippen LogP contribution in [0.3, 0.4) is 0 Å². The fraction of sp³-hybridized carbons (Fsp3) is 0.0820. The van der Waals surface area contributed by atoms with E-state index in [-0.39, 0.29) is 6.10 Å². The molecule has 298 valence electrons. The van der Waals surface area contributed by atoms with Crippen LogP contribution in [0.5, 0.6) is 5.75 Å². The van der Waals surface area contributed by atoms with E-state index in [4.69, 9.17) is 4.74 Å². The Morgan fingerprint density at radius 1 is 0.429 bits per heavy atom. The Balaban J connectivity index is 0.933. The summed E-state index contributed by atoms with van der Waals surface area (Å²) in [6, 6.07) is 80.1. The third-order valence-electron chi connectivity index (χ3n) is 13.9. The largest absolute Gasteiger partial charge is 0.485 e. The van der Waals surface area contributed by atoms with Crippen molar-refractivity contribution in [2.45, 2.75) is 24.9 Å². The normalized spacial score (nSPS) is 16.7. The standard InChI is InChI=1S/C61H43NO/c1-3-14-39(15-4-1)43-20-13-21-48(34-43)62(46-30-26-40(27-31-46)53-35-44-18-7-9-22-49(44)51-24-11-12-25-52(51)53)47-32-28-41(29-33-47)59-55-36-45-19-8-10-23-50(45)54(55)38-58-60(59)56-37-57(56)61(63-58)42-16-5-2-6-17-42/h1-35,38,56-57,61H,36-37H2. The molecular weight excluding hydrogens is 763 g/mol. The molecule has 10 aromatic carbocycles. The lowest BCUT2D eigenvalue weighted by Gasteiger charge is -2.30. The summed E-state index contributed by atoms with van der Waals surface area (Å²) >= 11 is 0. The number of hydrogen-bond donors (Lipinski definition) is 0. The van der Waals surface area contributed by atoms with Gasteiger partial charge in [0.1, 0.15) is 11.9 Å². The van der Waals surface area contributed by atoms with Gasteiger partial charge in [-0.25, -0.2) is 0 Å². The molecule has 13 rings (SSSR count). The first-order valence-corrected chi connectivity index (χ1v) is 22.3. The molecule has 0 spiro atoms. The van der Waals surface area contributed by atoms with Gasteiger partial charge in [0.2, 0.25) is 0 Å². The maximum Gasteiger partial charge on any atom is 0.127 e. The van der Waals surface area contributed by atoms with E-state index in [0.717, 1.165) is 35.7 Å². The van der Waals surface area contributed by atoms with Crippen LogP contribution in [0.25, 0.3) is 66.1 Å². The van der Waals surface area contributed by atoms with Crippen molar-refractivity contribution >= 4 is 38.6 Å². The summed E-state index contributed by atoms with van der Waals surface area (Å²) < 4.78 is 7.08. The van der Waals surface area contributed by atoms with Gasteiger partial charge >= 0.3 is 0 Å². The van der Waals surface area contributed by atoms with Gasteiger partial charge in [-0.1, -0.05) is 170 Å². The quantitative estimate of drug-likeness (QED) is 0.149. The molecule has 0 amide bonds. The van der Waals surface area contributed by atoms with Crippen molar-refractivity contribution in [1.29, 1.82) is 0 Å². The van der Waals surface area contributed by atoms with Gasteiger partial charge in [0.15, 0.2) is 0 Å². The molecule has 2 heteroatoms. The molecule has 63 heavy (non-hydrogen) atoms. The number of ether oxygens (including phenoxy) is 1. The monoisotopic (exact) mass is 805 g/mol. The smallest absolute Gasteiger partial charge is 0.127 e. The summed E-state index contributed by atoms with van der Waals surface area (Å²) in [5.41, 5.74) is 18.9. The second-order valence-electron chi connectivity index (χ2n) is 17.5. The Bertz CT molecular complexity index is 3370. The zero-order chi connectivity index (χ0) is 41.4. The Hall–Kier alpha value is -7.68. The molecule has 2 nitrogen and oxygen atoms in total. The molecule has 1 fully saturated rings. The van der Waals surface area contributed by atoms with Gasteiger partial charge < -0.3 is 9.64 Å². The van der Waals surface area contributed by atoms with Crippen molar-refractivity contribution < 1.29 is 4.74 Å². The number of benzene rings is 10. The second kappa shape index (κ2) is 14.5. The van der Waals surface area contributed by atoms with Crippen molar-refractivity contribution in [3.05, 3.63) is 241 Å². The highest BCUT2D eigenvalue weighted by molar-refractivity contribution is 6.13. The predicted octanol–water partition coefficient (Wildman–Crippen LogP) is 16.3. The van der Waals surface area contributed by atoms with Crippen LogP contribution < -0.4 is 9.64 Å². The summed E-state index contributed by atoms with van der Waals surface area (Å²) in [5.74, 6) is 2.02. The van der Waals surface area contributed by atoms with Gasteiger partial charge in [0.25, 0.3) is 0 Å². The van der Waals surface area contributed by atoms with Crippen LogP contribution in [0, 0.1) is 5.92 Å². The van der Waals surface area contributed by atoms with E-state index >= 15 is 0 Å². The molecule has 0 aromatic heterocycles. The van der Waals surface area contributed by atoms with Crippen LogP contribution in [-0.2, 0) is 6.42 Å². The first kappa shape index (κ1) is 36.0. The molecule has 3 atom stereocenters. The lowest BCUT2D eigenvalue weighted by molar-refractivity contribution is 0.165. The number of rotatable bonds is 7. The third-order valence-corrected chi connectivity index (χ3v) is 13.9. The molecule has 0 bridgehead atoms. The molecule has 3 unspecified atom stereocenters. The molecule has 1 saturated carbocycles. The molecule has 0 radical (unpaired) electrons. The van der Waals surface area contributed by atoms with Gasteiger partial charge in [0, 0.05) is 28.5 Å². The van der Waals surface area contributed by atoms with Gasteiger partial charge in [-0.2, -0.15) is 0 Å². The van der Waals surface area contributed by atoms with E-state index in [1.165, 1.54) is 88.3 Å². The van der Waals surface area contributed by atoms with Crippen LogP contribution in [0.15, 0.2) is 218 Å². The fourth-order valence-electron chi connectivity index (χ4n) is 10.9. The summed E-state index contributed by atoms with van der Waals surface area (Å²) in [6.45, 7) is 0. The van der Waals surface area contributed by atoms with Crippen LogP contribution in [0.1, 0.15) is 40.7 Å². The summed E-state index contributed by atoms with van der Waals surface area (Å²) in [4.78, 5) is 2.41. The number of anilines is 3. The first-order valence-electron chi connectivity index (χ1n) is 22.3. The SMILES string of the molecule is c1ccc(-c2cccc(N(c3ccc(-c4c5c(cc6c4C4CC4C(c4ccccc4)O6)-c4ccccc4C5)cc3)c3ccc(-c4cc5ccccc5c5ccccc45)cc3)c2)cc1. The van der Waals surface area contributed by atoms with Crippen LogP contribution in [0.4, 0.5) is 17.1 Å². The average Bonchev–Trinajstić information content (AvgIpc) is 4.08. The molecule has 10 aromatic rings. The van der Waals surface area contributed by atoms with E-state index in [0.29, 0.717) is 11.8 Å². The van der Waals surface area contributed by atoms with E-state index in [1.54, 1.807) is 0 Å². The minimum absolute atomic E-state index is 0.0835. The Morgan fingerprint density at radius 3 is 1.87 bits per heavy atom. The Kier molecular flexibility index (Phi) is 8.27. The second-order valence-corrected chi connectivity index (χ2v) is 17.5. The molecule has 1 heterocycles. The lowest BCUT2D eigenvalue weighted by Crippen LogP contribution is -2.17. The predicted molar refractivity (Wildman–Crippen MR) is 261 cm³/mol. The maximum atomic E-state index is 7.08. The van der Waals surface area contributed by atoms with E-state index < -0.39 is 0 Å². The van der Waals surface area contributed by atoms with Gasteiger partial charge in [-0.05, 0) is 150 Å². The van der Waals surface area contributed by atoms with Crippen molar-refractivity contribution in [2.75, 3.05) is 4.90 Å². The fourth-order valence-corrected chi connectivity index (χ4v) is 10.9. The number of hydrogen-bond acceptors (Lipinski definition) is 2. The van der Waals surface area contributed by atoms with Crippen LogP contribution in [-0.4, -0.2) is 0 Å². The number of nitrogens with zero attached hydrogens (tertiary/aromatic N) is 1. The van der Waals surface area contributed by atoms with Gasteiger partial charge in [-0.15, -0.1) is 0 Å². The van der Waals surface area contributed by atoms with Crippen molar-refractivity contribution in [3.63, 3.8) is 0 Å². The molecular formula is C61H43NO. The third kappa shape index (κ3) is 6.01. The van der Waals surface area contributed by atoms with Gasteiger partial charge in [-0.3, -0.25) is 0 Å². The van der Waals surface area contributed by atoms with Crippen molar-refractivity contribution in [2.24, 2.45) is 5.92 Å². The molecule has 2 aliphatic carbocycles. The topological polar surface area (TPSA) is 12.5 Å². The minimum Gasteiger partial charge on any atom is -0.485 e. The van der Waals surface area contributed by atoms with Crippen LogP contribution in [0.2, 0.25) is 0 Å². The minimum atomic E-state index is 0.0835. The van der Waals surface area contributed by atoms with E-state index in [2.05, 4.69) is 223 Å². The van der Waals surface area contributed by atoms with Crippen molar-refractivity contribution in [3.8, 4) is 50.3 Å². The highest BCUT2D eigenvalue weighted by Crippen LogP contribution is 2.65. The lowest BCUT2D eigenvalue weighted by atomic mass is 9.85.